The number of aromatic nitrogens is 4. The summed E-state index contributed by atoms with van der Waals surface area (Å²) in [5, 5.41) is 13.6. The Hall–Kier alpha value is -8.69. The van der Waals surface area contributed by atoms with E-state index in [1.54, 1.807) is 54.8 Å². The molecule has 428 valence electrons. The molecule has 2 fully saturated rings. The Bertz CT molecular complexity index is 3740. The highest BCUT2D eigenvalue weighted by atomic mass is 32.1. The number of nitrogens with two attached hydrogens (primary N) is 1. The van der Waals surface area contributed by atoms with Gasteiger partial charge in [-0.15, -0.1) is 22.7 Å². The molecule has 26 heteroatoms. The van der Waals surface area contributed by atoms with E-state index in [1.165, 1.54) is 48.3 Å². The third kappa shape index (κ3) is 16.1. The summed E-state index contributed by atoms with van der Waals surface area (Å²) in [7, 11) is 0. The number of nitrogens with one attached hydrogen (secondary N) is 5. The third-order valence-electron chi connectivity index (χ3n) is 12.4. The van der Waals surface area contributed by atoms with E-state index < -0.39 is 23.3 Å². The van der Waals surface area contributed by atoms with Crippen LogP contribution in [0.5, 0.6) is 23.3 Å². The van der Waals surface area contributed by atoms with Crippen LogP contribution >= 0.6 is 47.1 Å². The predicted octanol–water partition coefficient (Wildman–Crippen LogP) is 9.27. The van der Waals surface area contributed by atoms with Crippen molar-refractivity contribution in [2.45, 2.75) is 64.1 Å². The van der Waals surface area contributed by atoms with Gasteiger partial charge in [-0.05, 0) is 106 Å². The van der Waals surface area contributed by atoms with Crippen molar-refractivity contribution in [3.05, 3.63) is 154 Å². The minimum Gasteiger partial charge on any atom is -0.444 e. The average Bonchev–Trinajstić information content (AvgIpc) is 4.50. The lowest BCUT2D eigenvalue weighted by atomic mass is 10.1. The first-order chi connectivity index (χ1) is 39.8. The lowest BCUT2D eigenvalue weighted by molar-refractivity contribution is -0.119. The van der Waals surface area contributed by atoms with Gasteiger partial charge in [-0.2, -0.15) is 0 Å². The molecule has 0 radical (unpaired) electrons. The number of likely N-dealkylation sites (tertiary alicyclic amines) is 2. The molecule has 83 heavy (non-hydrogen) atoms. The Morgan fingerprint density at radius 2 is 1.10 bits per heavy atom. The number of alkyl carbamates (subject to hydrolysis) is 1. The van der Waals surface area contributed by atoms with Gasteiger partial charge in [0.25, 0.3) is 11.8 Å². The van der Waals surface area contributed by atoms with Crippen LogP contribution < -0.4 is 41.8 Å². The molecule has 0 aliphatic carbocycles. The lowest BCUT2D eigenvalue weighted by Crippen LogP contribution is -2.41. The molecule has 6 heterocycles. The van der Waals surface area contributed by atoms with Gasteiger partial charge in [-0.1, -0.05) is 60.7 Å². The SMILES string of the molecule is CC(C)(C)OC(=O)NC1CCN(C(=O)c2cc3ncnc(Oc4ccc(NC(=S)NC(=O)Cc5ccccc5)cc4F)c3s2)C1.NC1CCN(C(=O)c2cc3ncnc(Oc4ccc(NC(=S)NC(=O)Cc5ccccc5)cc4F)c3s2)C1. The summed E-state index contributed by atoms with van der Waals surface area (Å²) in [6.07, 6.45) is 3.73. The van der Waals surface area contributed by atoms with Crippen molar-refractivity contribution in [2.75, 3.05) is 36.8 Å². The van der Waals surface area contributed by atoms with Gasteiger partial charge in [-0.3, -0.25) is 19.2 Å². The maximum atomic E-state index is 15.1. The maximum absolute atomic E-state index is 15.1. The second-order valence-electron chi connectivity index (χ2n) is 20.0. The number of benzene rings is 4. The first-order valence-corrected chi connectivity index (χ1v) is 28.3. The minimum atomic E-state index is -0.696. The van der Waals surface area contributed by atoms with Crippen molar-refractivity contribution in [2.24, 2.45) is 5.73 Å². The molecule has 0 saturated carbocycles. The molecule has 0 spiro atoms. The van der Waals surface area contributed by atoms with Crippen LogP contribution in [0.4, 0.5) is 25.0 Å². The Labute approximate surface area is 493 Å². The van der Waals surface area contributed by atoms with Gasteiger partial charge in [0, 0.05) is 55.7 Å². The standard InChI is InChI=1S/C31H31FN6O5S2.C26H23FN6O3S2/c1-31(2,3)43-30(41)36-20-11-12-38(16-20)28(40)24-15-22-26(45-24)27(34-17-33-22)42-23-10-9-19(14-21(23)32)35-29(44)37-25(39)13-18-7-5-4-6-8-18;27-18-11-17(31-26(37)32-22(34)10-15-4-2-1-3-5-15)6-7-20(18)36-24-23-19(29-14-30-24)12-21(38-23)25(35)33-9-8-16(28)13-33/h4-10,14-15,17,20H,11-13,16H2,1-3H3,(H,36,41)(H2,35,37,39,44);1-7,11-12,14,16H,8-10,13,28H2,(H2,31,32,34,37). The van der Waals surface area contributed by atoms with Gasteiger partial charge in [0.05, 0.1) is 39.7 Å². The lowest BCUT2D eigenvalue weighted by Gasteiger charge is -2.22. The molecule has 20 nitrogen and oxygen atoms in total. The van der Waals surface area contributed by atoms with Crippen molar-refractivity contribution >= 4 is 119 Å². The molecule has 2 saturated heterocycles. The van der Waals surface area contributed by atoms with Gasteiger partial charge in [0.1, 0.15) is 27.7 Å². The summed E-state index contributed by atoms with van der Waals surface area (Å²) in [5.41, 5.74) is 8.65. The number of ether oxygens (including phenoxy) is 3. The van der Waals surface area contributed by atoms with Crippen molar-refractivity contribution in [3.63, 3.8) is 0 Å². The largest absolute Gasteiger partial charge is 0.444 e. The molecule has 2 aliphatic rings. The van der Waals surface area contributed by atoms with E-state index in [2.05, 4.69) is 46.5 Å². The highest BCUT2D eigenvalue weighted by molar-refractivity contribution is 7.80. The molecule has 7 N–H and O–H groups in total. The minimum absolute atomic E-state index is 0.0210. The summed E-state index contributed by atoms with van der Waals surface area (Å²) in [6, 6.07) is 29.8. The van der Waals surface area contributed by atoms with Gasteiger partial charge >= 0.3 is 6.09 Å². The Balaban J connectivity index is 0.000000202. The number of thiophene rings is 2. The molecule has 4 aromatic carbocycles. The number of thiocarbonyl (C=S) groups is 2. The molecule has 8 aromatic rings. The van der Waals surface area contributed by atoms with Gasteiger partial charge in [0.15, 0.2) is 33.4 Å². The number of carbonyl (C=O) groups excluding carboxylic acids is 5. The number of carbonyl (C=O) groups is 5. The quantitative estimate of drug-likeness (QED) is 0.0588. The molecule has 2 aliphatic heterocycles. The van der Waals surface area contributed by atoms with Crippen molar-refractivity contribution in [1.29, 1.82) is 0 Å². The molecule has 5 amide bonds. The molecular weight excluding hydrogens is 1150 g/mol. The first-order valence-electron chi connectivity index (χ1n) is 25.9. The summed E-state index contributed by atoms with van der Waals surface area (Å²) >= 11 is 12.7. The Morgan fingerprint density at radius 1 is 0.639 bits per heavy atom. The fourth-order valence-corrected chi connectivity index (χ4v) is 11.1. The van der Waals surface area contributed by atoms with Crippen molar-refractivity contribution in [3.8, 4) is 23.3 Å². The second-order valence-corrected chi connectivity index (χ2v) is 22.9. The van der Waals surface area contributed by atoms with Crippen LogP contribution in [0.3, 0.4) is 0 Å². The molecule has 0 bridgehead atoms. The summed E-state index contributed by atoms with van der Waals surface area (Å²) in [6.45, 7) is 7.28. The van der Waals surface area contributed by atoms with E-state index in [4.69, 9.17) is 44.4 Å². The summed E-state index contributed by atoms with van der Waals surface area (Å²) in [5.74, 6) is -2.23. The van der Waals surface area contributed by atoms with Crippen LogP contribution in [0.15, 0.2) is 122 Å². The van der Waals surface area contributed by atoms with E-state index in [0.717, 1.165) is 28.9 Å². The Morgan fingerprint density at radius 3 is 1.53 bits per heavy atom. The van der Waals surface area contributed by atoms with Gasteiger partial charge in [-0.25, -0.2) is 33.5 Å². The average molecular weight is 1200 g/mol. The highest BCUT2D eigenvalue weighted by Crippen LogP contribution is 2.37. The van der Waals surface area contributed by atoms with E-state index in [1.807, 2.05) is 60.7 Å². The second kappa shape index (κ2) is 26.5. The molecular formula is C57H54F2N12O8S4. The number of hydrogen-bond acceptors (Lipinski definition) is 17. The number of fused-ring (bicyclic) bond motifs is 2. The predicted molar refractivity (Wildman–Crippen MR) is 319 cm³/mol. The normalized spacial score (nSPS) is 14.7. The van der Waals surface area contributed by atoms with Crippen LogP contribution in [0.25, 0.3) is 20.4 Å². The topological polar surface area (TPSA) is 257 Å². The first kappa shape index (κ1) is 58.9. The highest BCUT2D eigenvalue weighted by Gasteiger charge is 2.31. The van der Waals surface area contributed by atoms with E-state index in [-0.39, 0.29) is 82.0 Å². The van der Waals surface area contributed by atoms with Crippen LogP contribution in [-0.2, 0) is 27.2 Å². The Kier molecular flexibility index (Phi) is 18.8. The van der Waals surface area contributed by atoms with Gasteiger partial charge in [0.2, 0.25) is 23.6 Å². The zero-order valence-corrected chi connectivity index (χ0v) is 48.0. The fourth-order valence-electron chi connectivity index (χ4n) is 8.60. The van der Waals surface area contributed by atoms with Crippen LogP contribution in [0, 0.1) is 11.6 Å². The van der Waals surface area contributed by atoms with Crippen LogP contribution in [0.1, 0.15) is 64.1 Å². The molecule has 4 aromatic heterocycles. The van der Waals surface area contributed by atoms with Crippen molar-refractivity contribution < 1.29 is 47.0 Å². The fraction of sp³-hybridized carbons (Fsp3) is 0.246. The van der Waals surface area contributed by atoms with E-state index >= 15 is 4.39 Å². The molecule has 2 atom stereocenters. The number of nitrogens with zero attached hydrogens (tertiary/aromatic N) is 6. The monoisotopic (exact) mass is 1200 g/mol. The third-order valence-corrected chi connectivity index (χ3v) is 15.0. The molecule has 10 rings (SSSR count). The summed E-state index contributed by atoms with van der Waals surface area (Å²) < 4.78 is 47.8. The van der Waals surface area contributed by atoms with E-state index in [9.17, 15) is 28.4 Å². The number of anilines is 2. The molecule has 2 unspecified atom stereocenters. The van der Waals surface area contributed by atoms with Crippen molar-refractivity contribution in [1.82, 2.24) is 45.7 Å². The number of halogens is 2. The number of rotatable bonds is 13. The zero-order chi connectivity index (χ0) is 58.8. The maximum Gasteiger partial charge on any atom is 0.407 e. The number of amides is 5. The van der Waals surface area contributed by atoms with Crippen LogP contribution in [-0.4, -0.2) is 114 Å². The smallest absolute Gasteiger partial charge is 0.407 e. The number of hydrogen-bond donors (Lipinski definition) is 6. The zero-order valence-electron chi connectivity index (χ0n) is 44.8. The van der Waals surface area contributed by atoms with Crippen LogP contribution in [0.2, 0.25) is 0 Å². The van der Waals surface area contributed by atoms with E-state index in [0.29, 0.717) is 74.2 Å². The van der Waals surface area contributed by atoms with Gasteiger partial charge < -0.3 is 56.3 Å². The summed E-state index contributed by atoms with van der Waals surface area (Å²) in [4.78, 5) is 83.8.